The highest BCUT2D eigenvalue weighted by Gasteiger charge is 2.25. The molecule has 1 saturated heterocycles. The van der Waals surface area contributed by atoms with E-state index in [-0.39, 0.29) is 0 Å². The van der Waals surface area contributed by atoms with Gasteiger partial charge in [0, 0.05) is 26.2 Å². The van der Waals surface area contributed by atoms with Crippen LogP contribution in [-0.4, -0.2) is 47.5 Å². The molecule has 1 aromatic rings. The maximum Gasteiger partial charge on any atom is 0.236 e. The van der Waals surface area contributed by atoms with E-state index in [1.807, 2.05) is 6.26 Å². The molecular formula is C12H22N4OS. The smallest absolute Gasteiger partial charge is 0.236 e. The number of nitrogens with zero attached hydrogens (tertiary/aromatic N) is 3. The van der Waals surface area contributed by atoms with Crippen molar-refractivity contribution in [2.45, 2.75) is 31.6 Å². The first kappa shape index (κ1) is 13.8. The normalized spacial score (nSPS) is 19.0. The lowest BCUT2D eigenvalue weighted by molar-refractivity contribution is 0.155. The van der Waals surface area contributed by atoms with Crippen LogP contribution in [0.15, 0.2) is 4.52 Å². The average molecular weight is 270 g/mol. The van der Waals surface area contributed by atoms with Crippen LogP contribution in [0.4, 0.5) is 0 Å². The van der Waals surface area contributed by atoms with Crippen molar-refractivity contribution in [2.75, 3.05) is 32.4 Å². The van der Waals surface area contributed by atoms with Crippen LogP contribution in [0.1, 0.15) is 37.5 Å². The predicted molar refractivity (Wildman–Crippen MR) is 73.6 cm³/mol. The molecule has 18 heavy (non-hydrogen) atoms. The van der Waals surface area contributed by atoms with E-state index in [1.54, 1.807) is 11.8 Å². The van der Waals surface area contributed by atoms with Crippen molar-refractivity contribution in [3.63, 3.8) is 0 Å². The molecule has 0 amide bonds. The molecule has 0 saturated carbocycles. The number of aromatic nitrogens is 2. The van der Waals surface area contributed by atoms with Gasteiger partial charge in [-0.1, -0.05) is 18.5 Å². The molecule has 1 aromatic heterocycles. The molecule has 0 aromatic carbocycles. The van der Waals surface area contributed by atoms with Gasteiger partial charge in [0.15, 0.2) is 5.82 Å². The molecule has 1 unspecified atom stereocenters. The first-order valence-corrected chi connectivity index (χ1v) is 8.00. The van der Waals surface area contributed by atoms with Crippen molar-refractivity contribution in [3.05, 3.63) is 11.7 Å². The minimum atomic E-state index is 0.316. The number of thioether (sulfide) groups is 1. The summed E-state index contributed by atoms with van der Waals surface area (Å²) in [4.78, 5) is 7.00. The maximum absolute atomic E-state index is 5.30. The third kappa shape index (κ3) is 3.46. The summed E-state index contributed by atoms with van der Waals surface area (Å²) in [7, 11) is 0. The van der Waals surface area contributed by atoms with Crippen LogP contribution in [0, 0.1) is 0 Å². The fourth-order valence-electron chi connectivity index (χ4n) is 2.33. The molecular weight excluding hydrogens is 248 g/mol. The van der Waals surface area contributed by atoms with Gasteiger partial charge in [-0.3, -0.25) is 4.90 Å². The Bertz CT molecular complexity index is 352. The lowest BCUT2D eigenvalue weighted by Crippen LogP contribution is -2.45. The van der Waals surface area contributed by atoms with Gasteiger partial charge >= 0.3 is 0 Å². The Labute approximate surface area is 113 Å². The predicted octanol–water partition coefficient (Wildman–Crippen LogP) is 1.68. The Morgan fingerprint density at radius 2 is 2.22 bits per heavy atom. The number of hydrogen-bond acceptors (Lipinski definition) is 6. The van der Waals surface area contributed by atoms with Crippen molar-refractivity contribution < 1.29 is 4.52 Å². The van der Waals surface area contributed by atoms with E-state index in [1.165, 1.54) is 0 Å². The molecule has 1 aliphatic rings. The Morgan fingerprint density at radius 1 is 1.44 bits per heavy atom. The molecule has 1 N–H and O–H groups in total. The van der Waals surface area contributed by atoms with Crippen molar-refractivity contribution in [3.8, 4) is 0 Å². The van der Waals surface area contributed by atoms with Crippen molar-refractivity contribution in [1.29, 1.82) is 0 Å². The highest BCUT2D eigenvalue weighted by Crippen LogP contribution is 2.24. The molecule has 5 nitrogen and oxygen atoms in total. The van der Waals surface area contributed by atoms with Crippen LogP contribution in [0.25, 0.3) is 0 Å². The summed E-state index contributed by atoms with van der Waals surface area (Å²) >= 11 is 1.71. The van der Waals surface area contributed by atoms with Crippen LogP contribution in [0.5, 0.6) is 0 Å². The summed E-state index contributed by atoms with van der Waals surface area (Å²) < 4.78 is 5.30. The molecule has 6 heteroatoms. The summed E-state index contributed by atoms with van der Waals surface area (Å²) in [6.45, 7) is 6.44. The van der Waals surface area contributed by atoms with Crippen LogP contribution >= 0.6 is 11.8 Å². The Hall–Kier alpha value is -0.590. The number of rotatable bonds is 6. The van der Waals surface area contributed by atoms with E-state index in [0.29, 0.717) is 6.04 Å². The fourth-order valence-corrected chi connectivity index (χ4v) is 2.69. The minimum absolute atomic E-state index is 0.316. The molecule has 0 radical (unpaired) electrons. The number of piperazine rings is 1. The van der Waals surface area contributed by atoms with Gasteiger partial charge in [0.2, 0.25) is 5.89 Å². The summed E-state index contributed by atoms with van der Waals surface area (Å²) in [6, 6.07) is 0.316. The quantitative estimate of drug-likeness (QED) is 0.849. The Morgan fingerprint density at radius 3 is 2.89 bits per heavy atom. The van der Waals surface area contributed by atoms with Crippen molar-refractivity contribution in [1.82, 2.24) is 20.4 Å². The van der Waals surface area contributed by atoms with Gasteiger partial charge in [0.05, 0.1) is 11.8 Å². The highest BCUT2D eigenvalue weighted by molar-refractivity contribution is 7.97. The first-order chi connectivity index (χ1) is 8.85. The third-order valence-corrected chi connectivity index (χ3v) is 3.74. The summed E-state index contributed by atoms with van der Waals surface area (Å²) in [5.41, 5.74) is 0. The second-order valence-electron chi connectivity index (χ2n) is 4.57. The average Bonchev–Trinajstić information content (AvgIpc) is 2.86. The Balaban J connectivity index is 2.06. The second-order valence-corrected chi connectivity index (χ2v) is 5.44. The van der Waals surface area contributed by atoms with Gasteiger partial charge in [-0.2, -0.15) is 16.7 Å². The maximum atomic E-state index is 5.30. The molecule has 1 fully saturated rings. The van der Waals surface area contributed by atoms with E-state index in [0.717, 1.165) is 56.5 Å². The topological polar surface area (TPSA) is 54.2 Å². The van der Waals surface area contributed by atoms with Crippen LogP contribution in [0.2, 0.25) is 0 Å². The zero-order chi connectivity index (χ0) is 12.8. The zero-order valence-corrected chi connectivity index (χ0v) is 12.0. The van der Waals surface area contributed by atoms with Crippen LogP contribution in [-0.2, 0) is 5.75 Å². The molecule has 0 bridgehead atoms. The summed E-state index contributed by atoms with van der Waals surface area (Å²) in [6.07, 6.45) is 4.28. The molecule has 2 rings (SSSR count). The molecule has 102 valence electrons. The van der Waals surface area contributed by atoms with E-state index in [4.69, 9.17) is 4.52 Å². The molecule has 0 aliphatic carbocycles. The number of nitrogens with one attached hydrogen (secondary N) is 1. The van der Waals surface area contributed by atoms with E-state index in [9.17, 15) is 0 Å². The standard InChI is InChI=1S/C12H22N4OS/c1-3-4-10(16-7-5-13-6-8-16)12-14-11(9-18-2)17-15-12/h10,13H,3-9H2,1-2H3. The van der Waals surface area contributed by atoms with Crippen LogP contribution in [0.3, 0.4) is 0 Å². The fraction of sp³-hybridized carbons (Fsp3) is 0.833. The minimum Gasteiger partial charge on any atom is -0.338 e. The van der Waals surface area contributed by atoms with E-state index in [2.05, 4.69) is 27.3 Å². The monoisotopic (exact) mass is 270 g/mol. The lowest BCUT2D eigenvalue weighted by atomic mass is 10.1. The SMILES string of the molecule is CCCC(c1noc(CSC)n1)N1CCNCC1. The Kier molecular flexibility index (Phi) is 5.46. The van der Waals surface area contributed by atoms with Gasteiger partial charge in [-0.05, 0) is 12.7 Å². The summed E-state index contributed by atoms with van der Waals surface area (Å²) in [5, 5.41) is 7.55. The zero-order valence-electron chi connectivity index (χ0n) is 11.2. The van der Waals surface area contributed by atoms with E-state index >= 15 is 0 Å². The van der Waals surface area contributed by atoms with Crippen molar-refractivity contribution >= 4 is 11.8 Å². The lowest BCUT2D eigenvalue weighted by Gasteiger charge is -2.33. The van der Waals surface area contributed by atoms with Gasteiger partial charge in [0.1, 0.15) is 0 Å². The van der Waals surface area contributed by atoms with Gasteiger partial charge in [0.25, 0.3) is 0 Å². The third-order valence-electron chi connectivity index (χ3n) is 3.20. The van der Waals surface area contributed by atoms with Gasteiger partial charge in [-0.25, -0.2) is 0 Å². The molecule has 0 spiro atoms. The number of hydrogen-bond donors (Lipinski definition) is 1. The van der Waals surface area contributed by atoms with E-state index < -0.39 is 0 Å². The molecule has 1 atom stereocenters. The largest absolute Gasteiger partial charge is 0.338 e. The van der Waals surface area contributed by atoms with Crippen LogP contribution < -0.4 is 5.32 Å². The molecule has 1 aliphatic heterocycles. The van der Waals surface area contributed by atoms with Gasteiger partial charge in [-0.15, -0.1) is 0 Å². The highest BCUT2D eigenvalue weighted by atomic mass is 32.2. The second kappa shape index (κ2) is 7.11. The van der Waals surface area contributed by atoms with Crippen molar-refractivity contribution in [2.24, 2.45) is 0 Å². The summed E-state index contributed by atoms with van der Waals surface area (Å²) in [5.74, 6) is 2.41. The van der Waals surface area contributed by atoms with Gasteiger partial charge < -0.3 is 9.84 Å². The first-order valence-electron chi connectivity index (χ1n) is 6.61. The molecule has 2 heterocycles.